The number of rotatable bonds is 1. The first-order chi connectivity index (χ1) is 5.24. The van der Waals surface area contributed by atoms with E-state index in [-0.39, 0.29) is 0 Å². The van der Waals surface area contributed by atoms with Crippen LogP contribution in [0.3, 0.4) is 0 Å². The molecule has 0 radical (unpaired) electrons. The van der Waals surface area contributed by atoms with Crippen molar-refractivity contribution in [3.05, 3.63) is 23.8 Å². The van der Waals surface area contributed by atoms with E-state index in [0.29, 0.717) is 11.7 Å². The highest BCUT2D eigenvalue weighted by Crippen LogP contribution is 2.09. The van der Waals surface area contributed by atoms with Crippen molar-refractivity contribution in [2.45, 2.75) is 19.8 Å². The van der Waals surface area contributed by atoms with E-state index in [4.69, 9.17) is 6.42 Å². The van der Waals surface area contributed by atoms with E-state index in [1.165, 1.54) is 0 Å². The Labute approximate surface area is 66.7 Å². The predicted molar refractivity (Wildman–Crippen MR) is 44.1 cm³/mol. The topological polar surface area (TPSA) is 25.8 Å². The molecule has 0 aromatic carbocycles. The molecular formula is C9H10N2. The lowest BCUT2D eigenvalue weighted by Crippen LogP contribution is -1.96. The van der Waals surface area contributed by atoms with Crippen molar-refractivity contribution in [2.24, 2.45) is 0 Å². The molecule has 0 aliphatic carbocycles. The monoisotopic (exact) mass is 146 g/mol. The molecule has 0 bridgehead atoms. The first-order valence-electron chi connectivity index (χ1n) is 3.53. The molecule has 1 aromatic heterocycles. The van der Waals surface area contributed by atoms with Crippen molar-refractivity contribution >= 4 is 0 Å². The molecule has 1 aromatic rings. The molecule has 0 fully saturated rings. The van der Waals surface area contributed by atoms with E-state index in [0.717, 1.165) is 5.69 Å². The predicted octanol–water partition coefficient (Wildman–Crippen LogP) is 1.58. The average molecular weight is 146 g/mol. The summed E-state index contributed by atoms with van der Waals surface area (Å²) in [5, 5.41) is 0. The minimum atomic E-state index is 0.407. The summed E-state index contributed by atoms with van der Waals surface area (Å²) >= 11 is 0. The summed E-state index contributed by atoms with van der Waals surface area (Å²) in [5.41, 5.74) is 0.993. The van der Waals surface area contributed by atoms with Gasteiger partial charge in [0.25, 0.3) is 0 Å². The Morgan fingerprint density at radius 1 is 1.55 bits per heavy atom. The first-order valence-corrected chi connectivity index (χ1v) is 3.53. The van der Waals surface area contributed by atoms with Gasteiger partial charge in [-0.1, -0.05) is 13.8 Å². The van der Waals surface area contributed by atoms with Gasteiger partial charge in [-0.3, -0.25) is 0 Å². The largest absolute Gasteiger partial charge is 0.229 e. The Balaban J connectivity index is 3.03. The molecule has 2 nitrogen and oxygen atoms in total. The zero-order valence-corrected chi connectivity index (χ0v) is 6.70. The van der Waals surface area contributed by atoms with Crippen molar-refractivity contribution in [3.8, 4) is 12.3 Å². The highest BCUT2D eigenvalue weighted by atomic mass is 14.9. The van der Waals surface area contributed by atoms with E-state index in [9.17, 15) is 0 Å². The fraction of sp³-hybridized carbons (Fsp3) is 0.333. The lowest BCUT2D eigenvalue weighted by molar-refractivity contribution is 0.810. The second kappa shape index (κ2) is 3.16. The summed E-state index contributed by atoms with van der Waals surface area (Å²) in [6, 6.07) is 1.88. The Morgan fingerprint density at radius 2 is 2.27 bits per heavy atom. The van der Waals surface area contributed by atoms with Crippen LogP contribution in [0, 0.1) is 12.3 Å². The van der Waals surface area contributed by atoms with Crippen LogP contribution < -0.4 is 0 Å². The summed E-state index contributed by atoms with van der Waals surface area (Å²) in [5.74, 6) is 3.28. The molecule has 0 N–H and O–H groups in total. The number of hydrogen-bond donors (Lipinski definition) is 0. The molecular weight excluding hydrogens is 136 g/mol. The minimum Gasteiger partial charge on any atom is -0.229 e. The molecule has 1 rings (SSSR count). The van der Waals surface area contributed by atoms with E-state index in [2.05, 4.69) is 29.7 Å². The van der Waals surface area contributed by atoms with E-state index in [1.807, 2.05) is 6.07 Å². The first kappa shape index (κ1) is 7.74. The van der Waals surface area contributed by atoms with E-state index >= 15 is 0 Å². The second-order valence-electron chi connectivity index (χ2n) is 2.60. The van der Waals surface area contributed by atoms with Crippen LogP contribution >= 0.6 is 0 Å². The van der Waals surface area contributed by atoms with Gasteiger partial charge in [0.05, 0.1) is 0 Å². The highest BCUT2D eigenvalue weighted by molar-refractivity contribution is 5.18. The standard InChI is InChI=1S/C9H10N2/c1-4-9-10-6-5-8(11-9)7(2)3/h1,5-7H,2-3H3. The van der Waals surface area contributed by atoms with Gasteiger partial charge in [0.1, 0.15) is 0 Å². The van der Waals surface area contributed by atoms with Crippen LogP contribution in [-0.2, 0) is 0 Å². The van der Waals surface area contributed by atoms with Crippen molar-refractivity contribution in [2.75, 3.05) is 0 Å². The van der Waals surface area contributed by atoms with Gasteiger partial charge in [0.15, 0.2) is 0 Å². The Bertz CT molecular complexity index is 284. The summed E-state index contributed by atoms with van der Waals surface area (Å²) in [6.45, 7) is 4.14. The van der Waals surface area contributed by atoms with Crippen LogP contribution in [0.5, 0.6) is 0 Å². The maximum atomic E-state index is 5.14. The molecule has 0 unspecified atom stereocenters. The van der Waals surface area contributed by atoms with Gasteiger partial charge in [-0.15, -0.1) is 6.42 Å². The lowest BCUT2D eigenvalue weighted by atomic mass is 10.1. The van der Waals surface area contributed by atoms with Crippen molar-refractivity contribution in [1.29, 1.82) is 0 Å². The Kier molecular flexibility index (Phi) is 2.22. The smallest absolute Gasteiger partial charge is 0.204 e. The molecule has 2 heteroatoms. The minimum absolute atomic E-state index is 0.407. The van der Waals surface area contributed by atoms with Gasteiger partial charge >= 0.3 is 0 Å². The van der Waals surface area contributed by atoms with E-state index < -0.39 is 0 Å². The molecule has 0 aliphatic rings. The Morgan fingerprint density at radius 3 is 2.82 bits per heavy atom. The molecule has 11 heavy (non-hydrogen) atoms. The molecule has 0 atom stereocenters. The lowest BCUT2D eigenvalue weighted by Gasteiger charge is -2.01. The van der Waals surface area contributed by atoms with Crippen LogP contribution in [0.25, 0.3) is 0 Å². The summed E-state index contributed by atoms with van der Waals surface area (Å²) in [6.07, 6.45) is 6.84. The fourth-order valence-electron chi connectivity index (χ4n) is 0.764. The van der Waals surface area contributed by atoms with Crippen LogP contribution in [0.15, 0.2) is 12.3 Å². The van der Waals surface area contributed by atoms with Gasteiger partial charge in [-0.05, 0) is 17.9 Å². The SMILES string of the molecule is C#Cc1nccc(C(C)C)n1. The van der Waals surface area contributed by atoms with Crippen molar-refractivity contribution < 1.29 is 0 Å². The van der Waals surface area contributed by atoms with Crippen LogP contribution in [0.2, 0.25) is 0 Å². The fourth-order valence-corrected chi connectivity index (χ4v) is 0.764. The van der Waals surface area contributed by atoms with Gasteiger partial charge in [-0.2, -0.15) is 0 Å². The zero-order valence-electron chi connectivity index (χ0n) is 6.70. The summed E-state index contributed by atoms with van der Waals surface area (Å²) < 4.78 is 0. The van der Waals surface area contributed by atoms with Gasteiger partial charge in [0, 0.05) is 11.9 Å². The van der Waals surface area contributed by atoms with Crippen molar-refractivity contribution in [3.63, 3.8) is 0 Å². The van der Waals surface area contributed by atoms with Gasteiger partial charge in [0.2, 0.25) is 5.82 Å². The maximum Gasteiger partial charge on any atom is 0.204 e. The quantitative estimate of drug-likeness (QED) is 0.562. The molecule has 0 saturated carbocycles. The summed E-state index contributed by atoms with van der Waals surface area (Å²) in [4.78, 5) is 8.04. The third-order valence-corrected chi connectivity index (χ3v) is 1.40. The molecule has 0 spiro atoms. The molecule has 0 saturated heterocycles. The zero-order chi connectivity index (χ0) is 8.27. The number of terminal acetylenes is 1. The van der Waals surface area contributed by atoms with Gasteiger partial charge < -0.3 is 0 Å². The Hall–Kier alpha value is -1.36. The van der Waals surface area contributed by atoms with Crippen LogP contribution in [-0.4, -0.2) is 9.97 Å². The van der Waals surface area contributed by atoms with E-state index in [1.54, 1.807) is 6.20 Å². The normalized spacial score (nSPS) is 9.64. The number of aromatic nitrogens is 2. The highest BCUT2D eigenvalue weighted by Gasteiger charge is 2.00. The third kappa shape index (κ3) is 1.78. The molecule has 0 amide bonds. The molecule has 1 heterocycles. The summed E-state index contributed by atoms with van der Waals surface area (Å²) in [7, 11) is 0. The average Bonchev–Trinajstić information content (AvgIpc) is 2.05. The molecule has 0 aliphatic heterocycles. The number of hydrogen-bond acceptors (Lipinski definition) is 2. The van der Waals surface area contributed by atoms with Gasteiger partial charge in [-0.25, -0.2) is 9.97 Å². The molecule has 56 valence electrons. The number of nitrogens with zero attached hydrogens (tertiary/aromatic N) is 2. The maximum absolute atomic E-state index is 5.14. The van der Waals surface area contributed by atoms with Crippen molar-refractivity contribution in [1.82, 2.24) is 9.97 Å². The third-order valence-electron chi connectivity index (χ3n) is 1.40. The van der Waals surface area contributed by atoms with Crippen LogP contribution in [0.1, 0.15) is 31.3 Å². The van der Waals surface area contributed by atoms with Crippen LogP contribution in [0.4, 0.5) is 0 Å². The second-order valence-corrected chi connectivity index (χ2v) is 2.60.